The molecule has 0 N–H and O–H groups in total. The summed E-state index contributed by atoms with van der Waals surface area (Å²) in [5, 5.41) is 8.59. The Kier molecular flexibility index (Phi) is 3.75. The minimum Gasteiger partial charge on any atom is -0.207 e. The van der Waals surface area contributed by atoms with Crippen LogP contribution in [0.4, 0.5) is 17.6 Å². The standard InChI is InChI=1S/C15H9F4N/c16-14-6-5-10(9-11(14)7-8-20)12-3-1-2-4-13(12)15(17,18)19/h1-6,9H,7H2. The number of nitrogens with zero attached hydrogens (tertiary/aromatic N) is 1. The summed E-state index contributed by atoms with van der Waals surface area (Å²) in [6.07, 6.45) is -4.67. The van der Waals surface area contributed by atoms with Gasteiger partial charge in [0.15, 0.2) is 0 Å². The molecule has 20 heavy (non-hydrogen) atoms. The molecule has 2 aromatic carbocycles. The molecule has 0 amide bonds. The van der Waals surface area contributed by atoms with Gasteiger partial charge >= 0.3 is 6.18 Å². The van der Waals surface area contributed by atoms with Crippen molar-refractivity contribution in [2.24, 2.45) is 0 Å². The minimum atomic E-state index is -4.49. The van der Waals surface area contributed by atoms with Crippen LogP contribution in [0.1, 0.15) is 11.1 Å². The van der Waals surface area contributed by atoms with E-state index in [1.54, 1.807) is 6.07 Å². The Morgan fingerprint density at radius 1 is 1.05 bits per heavy atom. The second-order valence-corrected chi connectivity index (χ2v) is 4.18. The van der Waals surface area contributed by atoms with Crippen LogP contribution >= 0.6 is 0 Å². The maximum Gasteiger partial charge on any atom is 0.417 e. The Morgan fingerprint density at radius 3 is 2.40 bits per heavy atom. The second kappa shape index (κ2) is 5.33. The van der Waals surface area contributed by atoms with Gasteiger partial charge in [0.1, 0.15) is 5.82 Å². The normalized spacial score (nSPS) is 11.2. The van der Waals surface area contributed by atoms with Crippen molar-refractivity contribution in [3.8, 4) is 17.2 Å². The predicted molar refractivity (Wildman–Crippen MR) is 66.2 cm³/mol. The molecule has 0 aliphatic heterocycles. The van der Waals surface area contributed by atoms with Gasteiger partial charge < -0.3 is 0 Å². The summed E-state index contributed by atoms with van der Waals surface area (Å²) >= 11 is 0. The maximum atomic E-state index is 13.4. The van der Waals surface area contributed by atoms with Crippen molar-refractivity contribution in [1.29, 1.82) is 5.26 Å². The van der Waals surface area contributed by atoms with Crippen molar-refractivity contribution < 1.29 is 17.6 Å². The molecule has 0 bridgehead atoms. The summed E-state index contributed by atoms with van der Waals surface area (Å²) in [7, 11) is 0. The van der Waals surface area contributed by atoms with Crippen LogP contribution in [-0.2, 0) is 12.6 Å². The quantitative estimate of drug-likeness (QED) is 0.738. The van der Waals surface area contributed by atoms with Crippen LogP contribution in [0.25, 0.3) is 11.1 Å². The molecule has 0 saturated heterocycles. The van der Waals surface area contributed by atoms with E-state index < -0.39 is 17.6 Å². The van der Waals surface area contributed by atoms with E-state index in [4.69, 9.17) is 5.26 Å². The van der Waals surface area contributed by atoms with Crippen LogP contribution in [0.3, 0.4) is 0 Å². The topological polar surface area (TPSA) is 23.8 Å². The van der Waals surface area contributed by atoms with E-state index in [1.165, 1.54) is 30.3 Å². The molecule has 0 aliphatic carbocycles. The first-order chi connectivity index (χ1) is 9.43. The van der Waals surface area contributed by atoms with Gasteiger partial charge in [-0.2, -0.15) is 18.4 Å². The van der Waals surface area contributed by atoms with Gasteiger partial charge in [-0.05, 0) is 29.3 Å². The number of benzene rings is 2. The van der Waals surface area contributed by atoms with E-state index in [9.17, 15) is 17.6 Å². The van der Waals surface area contributed by atoms with Gasteiger partial charge in [0, 0.05) is 5.56 Å². The summed E-state index contributed by atoms with van der Waals surface area (Å²) in [6.45, 7) is 0. The lowest BCUT2D eigenvalue weighted by Gasteiger charge is -2.13. The van der Waals surface area contributed by atoms with E-state index >= 15 is 0 Å². The van der Waals surface area contributed by atoms with Crippen LogP contribution in [0.15, 0.2) is 42.5 Å². The first-order valence-corrected chi connectivity index (χ1v) is 5.75. The lowest BCUT2D eigenvalue weighted by atomic mass is 9.97. The molecule has 2 aromatic rings. The molecule has 0 unspecified atom stereocenters. The lowest BCUT2D eigenvalue weighted by Crippen LogP contribution is -2.07. The molecule has 0 heterocycles. The van der Waals surface area contributed by atoms with E-state index in [0.29, 0.717) is 0 Å². The molecule has 0 aliphatic rings. The highest BCUT2D eigenvalue weighted by Gasteiger charge is 2.33. The Bertz CT molecular complexity index is 668. The molecule has 2 rings (SSSR count). The van der Waals surface area contributed by atoms with Crippen LogP contribution < -0.4 is 0 Å². The van der Waals surface area contributed by atoms with Crippen LogP contribution in [-0.4, -0.2) is 0 Å². The molecule has 0 radical (unpaired) electrons. The molecular weight excluding hydrogens is 270 g/mol. The number of hydrogen-bond acceptors (Lipinski definition) is 1. The van der Waals surface area contributed by atoms with Crippen molar-refractivity contribution >= 4 is 0 Å². The zero-order valence-corrected chi connectivity index (χ0v) is 10.2. The van der Waals surface area contributed by atoms with Gasteiger partial charge in [0.05, 0.1) is 18.1 Å². The number of nitriles is 1. The number of halogens is 4. The summed E-state index contributed by atoms with van der Waals surface area (Å²) in [4.78, 5) is 0. The molecule has 0 atom stereocenters. The lowest BCUT2D eigenvalue weighted by molar-refractivity contribution is -0.137. The third-order valence-electron chi connectivity index (χ3n) is 2.86. The highest BCUT2D eigenvalue weighted by molar-refractivity contribution is 5.68. The highest BCUT2D eigenvalue weighted by Crippen LogP contribution is 2.37. The maximum absolute atomic E-state index is 13.4. The SMILES string of the molecule is N#CCc1cc(-c2ccccc2C(F)(F)F)ccc1F. The number of hydrogen-bond donors (Lipinski definition) is 0. The predicted octanol–water partition coefficient (Wildman–Crippen LogP) is 4.58. The second-order valence-electron chi connectivity index (χ2n) is 4.18. The van der Waals surface area contributed by atoms with E-state index in [1.807, 2.05) is 0 Å². The fraction of sp³-hybridized carbons (Fsp3) is 0.133. The average Bonchev–Trinajstić information content (AvgIpc) is 2.41. The van der Waals surface area contributed by atoms with E-state index in [-0.39, 0.29) is 23.1 Å². The number of rotatable bonds is 2. The highest BCUT2D eigenvalue weighted by atomic mass is 19.4. The molecule has 102 valence electrons. The molecule has 1 nitrogen and oxygen atoms in total. The molecule has 0 fully saturated rings. The molecular formula is C15H9F4N. The van der Waals surface area contributed by atoms with Crippen LogP contribution in [0.5, 0.6) is 0 Å². The molecule has 0 saturated carbocycles. The number of alkyl halides is 3. The Hall–Kier alpha value is -2.35. The molecule has 0 spiro atoms. The van der Waals surface area contributed by atoms with Crippen molar-refractivity contribution in [3.05, 3.63) is 59.4 Å². The third kappa shape index (κ3) is 2.80. The van der Waals surface area contributed by atoms with Gasteiger partial charge in [-0.3, -0.25) is 0 Å². The van der Waals surface area contributed by atoms with Crippen LogP contribution in [0.2, 0.25) is 0 Å². The summed E-state index contributed by atoms with van der Waals surface area (Å²) in [5.41, 5.74) is -0.486. The van der Waals surface area contributed by atoms with E-state index in [0.717, 1.165) is 12.1 Å². The smallest absolute Gasteiger partial charge is 0.207 e. The van der Waals surface area contributed by atoms with Crippen molar-refractivity contribution in [3.63, 3.8) is 0 Å². The molecule has 5 heteroatoms. The minimum absolute atomic E-state index is 0.0285. The average molecular weight is 279 g/mol. The first-order valence-electron chi connectivity index (χ1n) is 5.75. The zero-order chi connectivity index (χ0) is 14.8. The van der Waals surface area contributed by atoms with Gasteiger partial charge in [-0.1, -0.05) is 24.3 Å². The van der Waals surface area contributed by atoms with Gasteiger partial charge in [-0.25, -0.2) is 4.39 Å². The summed E-state index contributed by atoms with van der Waals surface area (Å²) in [5.74, 6) is -0.597. The van der Waals surface area contributed by atoms with Gasteiger partial charge in [0.2, 0.25) is 0 Å². The van der Waals surface area contributed by atoms with Gasteiger partial charge in [-0.15, -0.1) is 0 Å². The first kappa shape index (κ1) is 14.1. The van der Waals surface area contributed by atoms with Crippen LogP contribution in [0, 0.1) is 17.1 Å². The third-order valence-corrected chi connectivity index (χ3v) is 2.86. The Morgan fingerprint density at radius 2 is 1.75 bits per heavy atom. The van der Waals surface area contributed by atoms with Crippen molar-refractivity contribution in [2.75, 3.05) is 0 Å². The monoisotopic (exact) mass is 279 g/mol. The summed E-state index contributed by atoms with van der Waals surface area (Å²) < 4.78 is 52.2. The van der Waals surface area contributed by atoms with Crippen molar-refractivity contribution in [1.82, 2.24) is 0 Å². The molecule has 0 aromatic heterocycles. The fourth-order valence-electron chi connectivity index (χ4n) is 1.94. The van der Waals surface area contributed by atoms with Gasteiger partial charge in [0.25, 0.3) is 0 Å². The Balaban J connectivity index is 2.58. The fourth-order valence-corrected chi connectivity index (χ4v) is 1.94. The summed E-state index contributed by atoms with van der Waals surface area (Å²) in [6, 6.07) is 10.5. The zero-order valence-electron chi connectivity index (χ0n) is 10.2. The van der Waals surface area contributed by atoms with Crippen molar-refractivity contribution in [2.45, 2.75) is 12.6 Å². The van der Waals surface area contributed by atoms with E-state index in [2.05, 4.69) is 0 Å². The largest absolute Gasteiger partial charge is 0.417 e. The Labute approximate surface area is 113 Å².